The summed E-state index contributed by atoms with van der Waals surface area (Å²) in [5.74, 6) is 0. The number of thiophene rings is 2. The summed E-state index contributed by atoms with van der Waals surface area (Å²) in [6, 6.07) is 105. The normalized spacial score (nSPS) is 16.1. The summed E-state index contributed by atoms with van der Waals surface area (Å²) in [6.07, 6.45) is 0. The van der Waals surface area contributed by atoms with E-state index in [9.17, 15) is 0 Å². The second-order valence-electron chi connectivity index (χ2n) is 32.3. The Bertz CT molecular complexity index is 6210. The third kappa shape index (κ3) is 8.63. The van der Waals surface area contributed by atoms with Crippen LogP contribution >= 0.6 is 22.7 Å². The van der Waals surface area contributed by atoms with Gasteiger partial charge in [0.15, 0.2) is 0 Å². The van der Waals surface area contributed by atoms with Crippen LogP contribution in [-0.2, 0) is 32.5 Å². The van der Waals surface area contributed by atoms with Gasteiger partial charge in [0, 0.05) is 90.4 Å². The summed E-state index contributed by atoms with van der Waals surface area (Å²) >= 11 is 3.74. The third-order valence-corrected chi connectivity index (χ3v) is 27.8. The molecule has 0 radical (unpaired) electrons. The zero-order chi connectivity index (χ0) is 69.7. The van der Waals surface area contributed by atoms with E-state index in [0.717, 1.165) is 11.4 Å². The summed E-state index contributed by atoms with van der Waals surface area (Å²) in [5, 5.41) is 10.6. The smallest absolute Gasteiger partial charge is 0.0543 e. The lowest BCUT2D eigenvalue weighted by Gasteiger charge is -2.50. The summed E-state index contributed by atoms with van der Waals surface area (Å²) in [7, 11) is 0. The molecule has 102 heavy (non-hydrogen) atoms. The van der Waals surface area contributed by atoms with E-state index in [4.69, 9.17) is 0 Å². The van der Waals surface area contributed by atoms with E-state index in [1.165, 1.54) is 174 Å². The average molecular weight is 1350 g/mol. The van der Waals surface area contributed by atoms with Crippen LogP contribution in [0.5, 0.6) is 0 Å². The van der Waals surface area contributed by atoms with E-state index in [0.29, 0.717) is 0 Å². The third-order valence-electron chi connectivity index (χ3n) is 25.5. The first-order valence-electron chi connectivity index (χ1n) is 36.4. The van der Waals surface area contributed by atoms with Crippen molar-refractivity contribution in [3.63, 3.8) is 0 Å². The van der Waals surface area contributed by atoms with Crippen LogP contribution in [0.3, 0.4) is 0 Å². The van der Waals surface area contributed by atoms with Crippen LogP contribution in [0.15, 0.2) is 279 Å². The molecule has 2 heterocycles. The molecule has 16 aromatic rings. The lowest BCUT2D eigenvalue weighted by molar-refractivity contribution is 0.298. The first kappa shape index (κ1) is 62.6. The van der Waals surface area contributed by atoms with Gasteiger partial charge in [-0.1, -0.05) is 271 Å². The molecule has 4 heteroatoms. The Balaban J connectivity index is 0.000000141. The molecule has 0 amide bonds. The SMILES string of the molecule is CC1(C)c2cc(N(c3ccccc3)c3ccc4sc5ccccc5c4c3)c3ccccc3c2-c2ccc3c(c21)-c1ccccc1C(C)(C)C3(C)C.CC1(C)c2cc(N(c3ccccc3)c3ccc4sc5ccccc5c4c3)ccc2-c2c3c(c4ccccc4c21)-c1ccccc1C(C)(C)C3(C)C. The molecule has 0 aliphatic heterocycles. The molecule has 0 saturated carbocycles. The average Bonchev–Trinajstić information content (AvgIpc) is 1.39. The molecule has 0 unspecified atom stereocenters. The highest BCUT2D eigenvalue weighted by Gasteiger charge is 2.53. The van der Waals surface area contributed by atoms with Crippen LogP contribution in [0.1, 0.15) is 128 Å². The standard InChI is InChI=1S/2C49H41NS/c1-47(2)40-29-32(50(30-16-8-7-9-17-30)31-25-27-42-38(28-31)33-18-13-15-23-41(33)51-42)24-26-37(40)44-45(47)35-20-11-10-19-34(35)43-36-21-12-14-22-39(36)48(3,4)49(5,6)46(43)44;1-47(2)40-29-41(50(30-16-8-7-9-17-30)31-24-27-43-37(28-31)33-19-13-15-23-42(33)51-43)32-18-10-11-20-34(32)44(40)36-25-26-39-45(46(36)47)35-21-12-14-22-38(35)48(3,4)49(39,5)6/h2*7-29H,1-6H3. The van der Waals surface area contributed by atoms with Crippen molar-refractivity contribution in [3.8, 4) is 44.5 Å². The fraction of sp³-hybridized carbons (Fsp3) is 0.184. The van der Waals surface area contributed by atoms with Crippen LogP contribution in [0, 0.1) is 0 Å². The van der Waals surface area contributed by atoms with Crippen LogP contribution in [0.2, 0.25) is 0 Å². The van der Waals surface area contributed by atoms with E-state index in [1.54, 1.807) is 0 Å². The zero-order valence-electron chi connectivity index (χ0n) is 60.3. The molecule has 2 nitrogen and oxygen atoms in total. The number of fused-ring (bicyclic) bond motifs is 25. The summed E-state index contributed by atoms with van der Waals surface area (Å²) in [6.45, 7) is 29.4. The Morgan fingerprint density at radius 1 is 0.216 bits per heavy atom. The number of anilines is 6. The second-order valence-corrected chi connectivity index (χ2v) is 34.5. The van der Waals surface area contributed by atoms with E-state index in [-0.39, 0.29) is 32.5 Å². The fourth-order valence-electron chi connectivity index (χ4n) is 19.1. The molecule has 0 fully saturated rings. The Morgan fingerprint density at radius 2 is 0.627 bits per heavy atom. The maximum absolute atomic E-state index is 2.52. The van der Waals surface area contributed by atoms with E-state index >= 15 is 0 Å². The molecule has 4 aliphatic carbocycles. The van der Waals surface area contributed by atoms with Gasteiger partial charge in [-0.25, -0.2) is 0 Å². The van der Waals surface area contributed by atoms with Gasteiger partial charge < -0.3 is 9.80 Å². The molecule has 20 rings (SSSR count). The molecule has 14 aromatic carbocycles. The minimum atomic E-state index is -0.227. The fourth-order valence-corrected chi connectivity index (χ4v) is 21.2. The van der Waals surface area contributed by atoms with Gasteiger partial charge in [-0.2, -0.15) is 0 Å². The second kappa shape index (κ2) is 22.1. The summed E-state index contributed by atoms with van der Waals surface area (Å²) < 4.78 is 5.30. The molecule has 0 atom stereocenters. The Kier molecular flexibility index (Phi) is 13.6. The molecule has 2 aromatic heterocycles. The highest BCUT2D eigenvalue weighted by Crippen LogP contribution is 2.66. The number of hydrogen-bond acceptors (Lipinski definition) is 4. The highest BCUT2D eigenvalue weighted by molar-refractivity contribution is 7.26. The predicted octanol–water partition coefficient (Wildman–Crippen LogP) is 28.4. The Hall–Kier alpha value is -10.4. The largest absolute Gasteiger partial charge is 0.310 e. The number of benzene rings is 14. The van der Waals surface area contributed by atoms with Gasteiger partial charge in [-0.05, 0) is 212 Å². The van der Waals surface area contributed by atoms with Gasteiger partial charge in [-0.3, -0.25) is 0 Å². The lowest BCUT2D eigenvalue weighted by atomic mass is 9.53. The van der Waals surface area contributed by atoms with Gasteiger partial charge in [-0.15, -0.1) is 22.7 Å². The van der Waals surface area contributed by atoms with Crippen molar-refractivity contribution >= 4 is 119 Å². The molecule has 0 spiro atoms. The van der Waals surface area contributed by atoms with Gasteiger partial charge in [0.05, 0.1) is 5.69 Å². The van der Waals surface area contributed by atoms with Crippen molar-refractivity contribution in [2.75, 3.05) is 9.80 Å². The van der Waals surface area contributed by atoms with Crippen molar-refractivity contribution in [2.24, 2.45) is 0 Å². The zero-order valence-corrected chi connectivity index (χ0v) is 61.9. The van der Waals surface area contributed by atoms with Crippen molar-refractivity contribution < 1.29 is 0 Å². The van der Waals surface area contributed by atoms with Crippen molar-refractivity contribution in [2.45, 2.75) is 116 Å². The summed E-state index contributed by atoms with van der Waals surface area (Å²) in [4.78, 5) is 4.94. The van der Waals surface area contributed by atoms with Crippen LogP contribution < -0.4 is 9.80 Å². The Morgan fingerprint density at radius 3 is 1.23 bits per heavy atom. The van der Waals surface area contributed by atoms with Gasteiger partial charge >= 0.3 is 0 Å². The maximum atomic E-state index is 2.52. The number of para-hydroxylation sites is 2. The quantitative estimate of drug-likeness (QED) is 0.164. The van der Waals surface area contributed by atoms with Crippen LogP contribution in [0.4, 0.5) is 34.1 Å². The van der Waals surface area contributed by atoms with E-state index < -0.39 is 0 Å². The molecular weight excluding hydrogens is 1270 g/mol. The molecule has 0 N–H and O–H groups in total. The monoisotopic (exact) mass is 1350 g/mol. The molecule has 4 aliphatic rings. The lowest BCUT2D eigenvalue weighted by Crippen LogP contribution is -2.44. The highest BCUT2D eigenvalue weighted by atomic mass is 32.1. The minimum Gasteiger partial charge on any atom is -0.310 e. The van der Waals surface area contributed by atoms with Crippen LogP contribution in [-0.4, -0.2) is 0 Å². The first-order chi connectivity index (χ1) is 49.2. The molecule has 496 valence electrons. The van der Waals surface area contributed by atoms with E-state index in [1.807, 2.05) is 22.7 Å². The summed E-state index contributed by atoms with van der Waals surface area (Å²) in [5.41, 5.74) is 29.1. The van der Waals surface area contributed by atoms with Gasteiger partial charge in [0.25, 0.3) is 0 Å². The predicted molar refractivity (Wildman–Crippen MR) is 441 cm³/mol. The van der Waals surface area contributed by atoms with E-state index in [2.05, 4.69) is 372 Å². The van der Waals surface area contributed by atoms with Gasteiger partial charge in [0.1, 0.15) is 0 Å². The molecule has 0 bridgehead atoms. The Labute approximate surface area is 607 Å². The first-order valence-corrected chi connectivity index (χ1v) is 38.0. The maximum Gasteiger partial charge on any atom is 0.0543 e. The number of hydrogen-bond donors (Lipinski definition) is 0. The van der Waals surface area contributed by atoms with Crippen molar-refractivity contribution in [3.05, 3.63) is 324 Å². The topological polar surface area (TPSA) is 6.48 Å². The minimum absolute atomic E-state index is 0.00857. The number of nitrogens with zero attached hydrogens (tertiary/aromatic N) is 2. The van der Waals surface area contributed by atoms with Crippen molar-refractivity contribution in [1.82, 2.24) is 0 Å². The van der Waals surface area contributed by atoms with Crippen molar-refractivity contribution in [1.29, 1.82) is 0 Å². The van der Waals surface area contributed by atoms with Gasteiger partial charge in [0.2, 0.25) is 0 Å². The molecule has 0 saturated heterocycles. The number of rotatable bonds is 6. The molecular formula is C98H82N2S2. The van der Waals surface area contributed by atoms with Crippen LogP contribution in [0.25, 0.3) is 106 Å².